The second kappa shape index (κ2) is 9.85. The smallest absolute Gasteiger partial charge is 0.269 e. The molecule has 2 rings (SSSR count). The van der Waals surface area contributed by atoms with E-state index in [1.165, 1.54) is 30.5 Å². The van der Waals surface area contributed by atoms with Crippen molar-refractivity contribution >= 4 is 35.0 Å². The second-order valence-corrected chi connectivity index (χ2v) is 7.08. The lowest BCUT2D eigenvalue weighted by molar-refractivity contribution is -0.384. The maximum atomic E-state index is 12.1. The average molecular weight is 407 g/mol. The van der Waals surface area contributed by atoms with Crippen LogP contribution in [-0.2, 0) is 22.7 Å². The van der Waals surface area contributed by atoms with Gasteiger partial charge in [0.1, 0.15) is 6.54 Å². The first-order chi connectivity index (χ1) is 13.3. The van der Waals surface area contributed by atoms with Gasteiger partial charge in [-0.15, -0.1) is 0 Å². The van der Waals surface area contributed by atoms with E-state index in [-0.39, 0.29) is 42.4 Å². The van der Waals surface area contributed by atoms with Crippen LogP contribution in [0.2, 0.25) is 0 Å². The molecule has 1 heterocycles. The van der Waals surface area contributed by atoms with Crippen LogP contribution in [-0.4, -0.2) is 43.2 Å². The highest BCUT2D eigenvalue weighted by Gasteiger charge is 2.15. The Bertz CT molecular complexity index is 850. The van der Waals surface area contributed by atoms with E-state index in [0.717, 1.165) is 11.8 Å². The van der Waals surface area contributed by atoms with Crippen molar-refractivity contribution in [3.05, 3.63) is 46.3 Å². The van der Waals surface area contributed by atoms with Gasteiger partial charge in [-0.2, -0.15) is 0 Å². The maximum Gasteiger partial charge on any atom is 0.269 e. The molecule has 2 aromatic rings. The van der Waals surface area contributed by atoms with Crippen molar-refractivity contribution in [2.75, 3.05) is 11.1 Å². The number of hydrogen-bond acceptors (Lipinski definition) is 7. The molecule has 10 nitrogen and oxygen atoms in total. The van der Waals surface area contributed by atoms with Gasteiger partial charge in [0.05, 0.1) is 29.2 Å². The molecule has 0 saturated heterocycles. The van der Waals surface area contributed by atoms with Gasteiger partial charge in [-0.3, -0.25) is 19.7 Å². The Hall–Kier alpha value is -2.92. The number of amides is 2. The molecule has 150 valence electrons. The molecule has 3 N–H and O–H groups in total. The van der Waals surface area contributed by atoms with Crippen molar-refractivity contribution in [2.24, 2.45) is 0 Å². The van der Waals surface area contributed by atoms with Crippen LogP contribution in [0.4, 0.5) is 11.4 Å². The summed E-state index contributed by atoms with van der Waals surface area (Å²) in [6, 6.07) is 5.48. The number of imidazole rings is 1. The predicted octanol–water partition coefficient (Wildman–Crippen LogP) is 1.54. The number of thioether (sulfide) groups is 1. The van der Waals surface area contributed by atoms with Crippen molar-refractivity contribution in [2.45, 2.75) is 38.2 Å². The lowest BCUT2D eigenvalue weighted by Crippen LogP contribution is -2.33. The number of anilines is 1. The number of nitro groups is 1. The Morgan fingerprint density at radius 1 is 1.29 bits per heavy atom. The summed E-state index contributed by atoms with van der Waals surface area (Å²) < 4.78 is 1.56. The van der Waals surface area contributed by atoms with E-state index in [1.54, 1.807) is 4.57 Å². The van der Waals surface area contributed by atoms with Crippen molar-refractivity contribution in [3.8, 4) is 0 Å². The SMILES string of the molecule is CC(C)NC(=O)Cn1c(CO)cnc1SCC(=O)Nc1ccc([N+](=O)[O-])cc1. The number of hydrogen-bond donors (Lipinski definition) is 3. The minimum absolute atomic E-state index is 0.0135. The van der Waals surface area contributed by atoms with Gasteiger partial charge in [0.2, 0.25) is 11.8 Å². The summed E-state index contributed by atoms with van der Waals surface area (Å²) >= 11 is 1.12. The van der Waals surface area contributed by atoms with Crippen molar-refractivity contribution < 1.29 is 19.6 Å². The van der Waals surface area contributed by atoms with E-state index >= 15 is 0 Å². The van der Waals surface area contributed by atoms with E-state index in [2.05, 4.69) is 15.6 Å². The highest BCUT2D eigenvalue weighted by Crippen LogP contribution is 2.20. The van der Waals surface area contributed by atoms with Crippen LogP contribution >= 0.6 is 11.8 Å². The number of benzene rings is 1. The third-order valence-electron chi connectivity index (χ3n) is 3.51. The van der Waals surface area contributed by atoms with E-state index < -0.39 is 4.92 Å². The van der Waals surface area contributed by atoms with Crippen LogP contribution in [0.5, 0.6) is 0 Å². The van der Waals surface area contributed by atoms with Crippen LogP contribution in [0.3, 0.4) is 0 Å². The summed E-state index contributed by atoms with van der Waals surface area (Å²) in [5, 5.41) is 25.9. The summed E-state index contributed by atoms with van der Waals surface area (Å²) in [7, 11) is 0. The fourth-order valence-electron chi connectivity index (χ4n) is 2.31. The molecule has 0 saturated carbocycles. The van der Waals surface area contributed by atoms with Crippen LogP contribution < -0.4 is 10.6 Å². The standard InChI is InChI=1S/C17H21N5O5S/c1-11(2)19-15(24)8-21-14(9-23)7-18-17(21)28-10-16(25)20-12-3-5-13(6-4-12)22(26)27/h3-7,11,23H,8-10H2,1-2H3,(H,19,24)(H,20,25). The summed E-state index contributed by atoms with van der Waals surface area (Å²) in [4.78, 5) is 38.4. The molecule has 0 bridgehead atoms. The molecule has 0 atom stereocenters. The fourth-order valence-corrected chi connectivity index (χ4v) is 3.10. The van der Waals surface area contributed by atoms with E-state index in [0.29, 0.717) is 16.5 Å². The molecular formula is C17H21N5O5S. The summed E-state index contributed by atoms with van der Waals surface area (Å²) in [5.74, 6) is -0.532. The van der Waals surface area contributed by atoms with Gasteiger partial charge >= 0.3 is 0 Å². The molecule has 28 heavy (non-hydrogen) atoms. The third kappa shape index (κ3) is 6.06. The zero-order valence-electron chi connectivity index (χ0n) is 15.4. The quantitative estimate of drug-likeness (QED) is 0.325. The minimum Gasteiger partial charge on any atom is -0.390 e. The van der Waals surface area contributed by atoms with E-state index in [4.69, 9.17) is 0 Å². The molecule has 0 unspecified atom stereocenters. The Morgan fingerprint density at radius 2 is 1.96 bits per heavy atom. The number of rotatable bonds is 9. The molecule has 1 aromatic carbocycles. The monoisotopic (exact) mass is 407 g/mol. The molecule has 0 aliphatic heterocycles. The van der Waals surface area contributed by atoms with Gasteiger partial charge in [-0.25, -0.2) is 4.98 Å². The number of aliphatic hydroxyl groups is 1. The number of aliphatic hydroxyl groups excluding tert-OH is 1. The van der Waals surface area contributed by atoms with Gasteiger partial charge in [-0.05, 0) is 26.0 Å². The predicted molar refractivity (Wildman–Crippen MR) is 104 cm³/mol. The number of aromatic nitrogens is 2. The molecule has 0 aliphatic rings. The molecule has 1 aromatic heterocycles. The summed E-state index contributed by atoms with van der Waals surface area (Å²) in [6.45, 7) is 3.39. The third-order valence-corrected chi connectivity index (χ3v) is 4.50. The summed E-state index contributed by atoms with van der Waals surface area (Å²) in [5.41, 5.74) is 0.842. The lowest BCUT2D eigenvalue weighted by Gasteiger charge is -2.12. The highest BCUT2D eigenvalue weighted by atomic mass is 32.2. The largest absolute Gasteiger partial charge is 0.390 e. The molecule has 0 spiro atoms. The molecule has 0 fully saturated rings. The summed E-state index contributed by atoms with van der Waals surface area (Å²) in [6.07, 6.45) is 1.46. The number of nitrogens with zero attached hydrogens (tertiary/aromatic N) is 3. The molecule has 11 heteroatoms. The van der Waals surface area contributed by atoms with Gasteiger partial charge in [0.25, 0.3) is 5.69 Å². The zero-order valence-corrected chi connectivity index (χ0v) is 16.2. The molecule has 0 aliphatic carbocycles. The number of non-ortho nitro benzene ring substituents is 1. The van der Waals surface area contributed by atoms with Crippen molar-refractivity contribution in [3.63, 3.8) is 0 Å². The number of carbonyl (C=O) groups is 2. The van der Waals surface area contributed by atoms with Crippen LogP contribution in [0.1, 0.15) is 19.5 Å². The Labute approximate surface area is 165 Å². The Morgan fingerprint density at radius 3 is 2.54 bits per heavy atom. The van der Waals surface area contributed by atoms with Crippen LogP contribution in [0, 0.1) is 10.1 Å². The lowest BCUT2D eigenvalue weighted by atomic mass is 10.3. The second-order valence-electron chi connectivity index (χ2n) is 6.14. The maximum absolute atomic E-state index is 12.1. The zero-order chi connectivity index (χ0) is 20.7. The van der Waals surface area contributed by atoms with E-state index in [9.17, 15) is 24.8 Å². The molecule has 2 amide bonds. The fraction of sp³-hybridized carbons (Fsp3) is 0.353. The number of carbonyl (C=O) groups excluding carboxylic acids is 2. The van der Waals surface area contributed by atoms with E-state index in [1.807, 2.05) is 13.8 Å². The number of nitrogens with one attached hydrogen (secondary N) is 2. The first-order valence-corrected chi connectivity index (χ1v) is 9.40. The van der Waals surface area contributed by atoms with Crippen molar-refractivity contribution in [1.82, 2.24) is 14.9 Å². The molecule has 0 radical (unpaired) electrons. The van der Waals surface area contributed by atoms with Crippen molar-refractivity contribution in [1.29, 1.82) is 0 Å². The molecular weight excluding hydrogens is 386 g/mol. The average Bonchev–Trinajstić information content (AvgIpc) is 3.01. The van der Waals surface area contributed by atoms with Gasteiger partial charge in [0.15, 0.2) is 5.16 Å². The van der Waals surface area contributed by atoms with Gasteiger partial charge < -0.3 is 20.3 Å². The Kier molecular flexibility index (Phi) is 7.52. The topological polar surface area (TPSA) is 139 Å². The van der Waals surface area contributed by atoms with Crippen LogP contribution in [0.25, 0.3) is 0 Å². The Balaban J connectivity index is 1.97. The van der Waals surface area contributed by atoms with Gasteiger partial charge in [0, 0.05) is 23.9 Å². The van der Waals surface area contributed by atoms with Gasteiger partial charge in [-0.1, -0.05) is 11.8 Å². The number of nitro benzene ring substituents is 1. The first-order valence-electron chi connectivity index (χ1n) is 8.42. The minimum atomic E-state index is -0.518. The highest BCUT2D eigenvalue weighted by molar-refractivity contribution is 7.99. The van der Waals surface area contributed by atoms with Crippen LogP contribution in [0.15, 0.2) is 35.6 Å². The first kappa shape index (κ1) is 21.4. The normalized spacial score (nSPS) is 10.7.